The standard InChI is InChI=1S/C13H20F2N2OS/c1-16-7-9-3-2-4-10-13(9)17-12(19-10)5-6-18-8-11(14)15/h9,11,16H,2-8H2,1H3. The van der Waals surface area contributed by atoms with E-state index in [1.165, 1.54) is 23.4 Å². The molecule has 2 rings (SSSR count). The van der Waals surface area contributed by atoms with E-state index in [4.69, 9.17) is 4.74 Å². The second-order valence-corrected chi connectivity index (χ2v) is 5.95. The molecular formula is C13H20F2N2OS. The van der Waals surface area contributed by atoms with Gasteiger partial charge in [0.05, 0.1) is 17.3 Å². The van der Waals surface area contributed by atoms with Crippen molar-refractivity contribution in [2.75, 3.05) is 26.8 Å². The molecule has 1 aliphatic rings. The van der Waals surface area contributed by atoms with Crippen LogP contribution in [0.3, 0.4) is 0 Å². The third-order valence-electron chi connectivity index (χ3n) is 3.27. The number of hydrogen-bond acceptors (Lipinski definition) is 4. The lowest BCUT2D eigenvalue weighted by molar-refractivity contribution is 0.0187. The Morgan fingerprint density at radius 1 is 1.53 bits per heavy atom. The van der Waals surface area contributed by atoms with Gasteiger partial charge in [-0.3, -0.25) is 0 Å². The maximum Gasteiger partial charge on any atom is 0.261 e. The molecule has 1 aromatic heterocycles. The van der Waals surface area contributed by atoms with Gasteiger partial charge >= 0.3 is 0 Å². The van der Waals surface area contributed by atoms with Crippen LogP contribution in [0.15, 0.2) is 0 Å². The molecule has 19 heavy (non-hydrogen) atoms. The SMILES string of the molecule is CNCC1CCCc2sc(CCOCC(F)F)nc21. The summed E-state index contributed by atoms with van der Waals surface area (Å²) in [6, 6.07) is 0. The summed E-state index contributed by atoms with van der Waals surface area (Å²) in [6.45, 7) is 0.805. The van der Waals surface area contributed by atoms with Crippen molar-refractivity contribution in [1.82, 2.24) is 10.3 Å². The number of hydrogen-bond donors (Lipinski definition) is 1. The van der Waals surface area contributed by atoms with E-state index in [0.717, 1.165) is 18.0 Å². The third kappa shape index (κ3) is 4.19. The second-order valence-electron chi connectivity index (χ2n) is 4.78. The van der Waals surface area contributed by atoms with Crippen LogP contribution in [-0.4, -0.2) is 38.2 Å². The Bertz CT molecular complexity index is 398. The topological polar surface area (TPSA) is 34.1 Å². The highest BCUT2D eigenvalue weighted by atomic mass is 32.1. The first kappa shape index (κ1) is 14.8. The Balaban J connectivity index is 1.89. The molecule has 1 aromatic rings. The smallest absolute Gasteiger partial charge is 0.261 e. The number of nitrogens with zero attached hydrogens (tertiary/aromatic N) is 1. The number of likely N-dealkylation sites (N-methyl/N-ethyl adjacent to an activating group) is 1. The lowest BCUT2D eigenvalue weighted by Crippen LogP contribution is -2.21. The van der Waals surface area contributed by atoms with Crippen LogP contribution in [0.1, 0.15) is 34.3 Å². The van der Waals surface area contributed by atoms with Crippen LogP contribution >= 0.6 is 11.3 Å². The van der Waals surface area contributed by atoms with E-state index in [-0.39, 0.29) is 0 Å². The van der Waals surface area contributed by atoms with E-state index in [0.29, 0.717) is 18.9 Å². The maximum absolute atomic E-state index is 11.9. The summed E-state index contributed by atoms with van der Waals surface area (Å²) in [4.78, 5) is 6.05. The molecule has 6 heteroatoms. The highest BCUT2D eigenvalue weighted by Crippen LogP contribution is 2.34. The minimum absolute atomic E-state index is 0.327. The molecule has 0 spiro atoms. The van der Waals surface area contributed by atoms with Crippen molar-refractivity contribution in [1.29, 1.82) is 0 Å². The number of thiazole rings is 1. The first-order valence-electron chi connectivity index (χ1n) is 6.69. The van der Waals surface area contributed by atoms with Gasteiger partial charge in [0.15, 0.2) is 0 Å². The molecule has 1 N–H and O–H groups in total. The first-order valence-corrected chi connectivity index (χ1v) is 7.51. The summed E-state index contributed by atoms with van der Waals surface area (Å²) in [5, 5.41) is 4.22. The Labute approximate surface area is 116 Å². The minimum atomic E-state index is -2.38. The first-order chi connectivity index (χ1) is 9.20. The van der Waals surface area contributed by atoms with E-state index in [1.54, 1.807) is 11.3 Å². The highest BCUT2D eigenvalue weighted by Gasteiger charge is 2.23. The van der Waals surface area contributed by atoms with Gasteiger partial charge in [0.1, 0.15) is 6.61 Å². The summed E-state index contributed by atoms with van der Waals surface area (Å²) in [6.07, 6.45) is 1.74. The van der Waals surface area contributed by atoms with E-state index >= 15 is 0 Å². The molecule has 0 saturated heterocycles. The molecule has 0 bridgehead atoms. The quantitative estimate of drug-likeness (QED) is 0.784. The zero-order valence-corrected chi connectivity index (χ0v) is 11.9. The van der Waals surface area contributed by atoms with Crippen LogP contribution < -0.4 is 5.32 Å². The Morgan fingerprint density at radius 2 is 2.37 bits per heavy atom. The van der Waals surface area contributed by atoms with E-state index < -0.39 is 13.0 Å². The van der Waals surface area contributed by atoms with Crippen molar-refractivity contribution in [3.8, 4) is 0 Å². The number of fused-ring (bicyclic) bond motifs is 1. The average Bonchev–Trinajstić information content (AvgIpc) is 2.79. The minimum Gasteiger partial charge on any atom is -0.375 e. The van der Waals surface area contributed by atoms with Crippen molar-refractivity contribution in [3.05, 3.63) is 15.6 Å². The van der Waals surface area contributed by atoms with Gasteiger partial charge in [-0.25, -0.2) is 13.8 Å². The Kier molecular flexibility index (Phi) is 5.66. The van der Waals surface area contributed by atoms with E-state index in [2.05, 4.69) is 10.3 Å². The van der Waals surface area contributed by atoms with E-state index in [9.17, 15) is 8.78 Å². The van der Waals surface area contributed by atoms with Crippen molar-refractivity contribution in [3.63, 3.8) is 0 Å². The molecule has 0 aliphatic heterocycles. The van der Waals surface area contributed by atoms with Crippen LogP contribution in [0.5, 0.6) is 0 Å². The molecule has 0 aromatic carbocycles. The average molecular weight is 290 g/mol. The Hall–Kier alpha value is -0.590. The van der Waals surface area contributed by atoms with Crippen LogP contribution in [0, 0.1) is 0 Å². The summed E-state index contributed by atoms with van der Waals surface area (Å²) < 4.78 is 28.8. The molecular weight excluding hydrogens is 270 g/mol. The molecule has 0 saturated carbocycles. The lowest BCUT2D eigenvalue weighted by Gasteiger charge is -2.20. The zero-order valence-electron chi connectivity index (χ0n) is 11.1. The van der Waals surface area contributed by atoms with Gasteiger partial charge in [-0.15, -0.1) is 11.3 Å². The maximum atomic E-state index is 11.9. The normalized spacial score (nSPS) is 18.8. The number of nitrogens with one attached hydrogen (secondary N) is 1. The summed E-state index contributed by atoms with van der Waals surface area (Å²) in [5.74, 6) is 0.501. The van der Waals surface area contributed by atoms with E-state index in [1.807, 2.05) is 7.05 Å². The number of aryl methyl sites for hydroxylation is 1. The number of halogens is 2. The fourth-order valence-corrected chi connectivity index (χ4v) is 3.62. The predicted molar refractivity (Wildman–Crippen MR) is 72.2 cm³/mol. The molecule has 0 fully saturated rings. The van der Waals surface area contributed by atoms with Crippen molar-refractivity contribution in [2.45, 2.75) is 38.0 Å². The fourth-order valence-electron chi connectivity index (χ4n) is 2.44. The molecule has 0 radical (unpaired) electrons. The van der Waals surface area contributed by atoms with Crippen LogP contribution in [0.25, 0.3) is 0 Å². The largest absolute Gasteiger partial charge is 0.375 e. The van der Waals surface area contributed by atoms with Gasteiger partial charge in [0, 0.05) is 23.8 Å². The number of rotatable bonds is 7. The molecule has 3 nitrogen and oxygen atoms in total. The van der Waals surface area contributed by atoms with Crippen molar-refractivity contribution >= 4 is 11.3 Å². The Morgan fingerprint density at radius 3 is 3.11 bits per heavy atom. The van der Waals surface area contributed by atoms with Crippen molar-refractivity contribution in [2.24, 2.45) is 0 Å². The molecule has 1 unspecified atom stereocenters. The van der Waals surface area contributed by atoms with Crippen LogP contribution in [-0.2, 0) is 17.6 Å². The number of alkyl halides is 2. The van der Waals surface area contributed by atoms with Gasteiger partial charge < -0.3 is 10.1 Å². The molecule has 1 aliphatic carbocycles. The summed E-state index contributed by atoms with van der Waals surface area (Å²) in [7, 11) is 1.96. The van der Waals surface area contributed by atoms with Gasteiger partial charge in [0.2, 0.25) is 0 Å². The number of ether oxygens (including phenoxy) is 1. The fraction of sp³-hybridized carbons (Fsp3) is 0.769. The molecule has 0 amide bonds. The van der Waals surface area contributed by atoms with Gasteiger partial charge in [-0.05, 0) is 26.3 Å². The summed E-state index contributed by atoms with van der Waals surface area (Å²) in [5.41, 5.74) is 1.22. The van der Waals surface area contributed by atoms with Gasteiger partial charge in [-0.1, -0.05) is 0 Å². The highest BCUT2D eigenvalue weighted by molar-refractivity contribution is 7.11. The molecule has 1 heterocycles. The summed E-state index contributed by atoms with van der Waals surface area (Å²) >= 11 is 1.72. The zero-order chi connectivity index (χ0) is 13.7. The van der Waals surface area contributed by atoms with Crippen LogP contribution in [0.4, 0.5) is 8.78 Å². The van der Waals surface area contributed by atoms with Crippen molar-refractivity contribution < 1.29 is 13.5 Å². The third-order valence-corrected chi connectivity index (χ3v) is 4.46. The lowest BCUT2D eigenvalue weighted by atomic mass is 9.91. The number of aromatic nitrogens is 1. The van der Waals surface area contributed by atoms with Gasteiger partial charge in [0.25, 0.3) is 6.43 Å². The second kappa shape index (κ2) is 7.26. The van der Waals surface area contributed by atoms with Crippen LogP contribution in [0.2, 0.25) is 0 Å². The van der Waals surface area contributed by atoms with Gasteiger partial charge in [-0.2, -0.15) is 0 Å². The molecule has 108 valence electrons. The molecule has 1 atom stereocenters. The predicted octanol–water partition coefficient (Wildman–Crippen LogP) is 2.61. The monoisotopic (exact) mass is 290 g/mol.